The van der Waals surface area contributed by atoms with Crippen LogP contribution in [0.3, 0.4) is 0 Å². The summed E-state index contributed by atoms with van der Waals surface area (Å²) in [6, 6.07) is 8.42. The number of rotatable bonds is 9. The molecule has 0 fully saturated rings. The Morgan fingerprint density at radius 1 is 0.968 bits per heavy atom. The first-order valence-electron chi connectivity index (χ1n) is 9.08. The molecule has 0 heterocycles. The van der Waals surface area contributed by atoms with Crippen molar-refractivity contribution >= 4 is 29.5 Å². The molecule has 2 aromatic rings. The lowest BCUT2D eigenvalue weighted by Gasteiger charge is -2.08. The first kappa shape index (κ1) is 23.5. The van der Waals surface area contributed by atoms with Crippen LogP contribution in [0, 0.1) is 17.5 Å². The van der Waals surface area contributed by atoms with Crippen LogP contribution in [0.4, 0.5) is 18.9 Å². The van der Waals surface area contributed by atoms with E-state index in [0.29, 0.717) is 24.0 Å². The van der Waals surface area contributed by atoms with Gasteiger partial charge in [-0.3, -0.25) is 9.59 Å². The third-order valence-corrected chi connectivity index (χ3v) is 3.70. The number of nitrogens with one attached hydrogen (secondary N) is 2. The second-order valence-electron chi connectivity index (χ2n) is 5.99. The molecule has 2 amide bonds. The van der Waals surface area contributed by atoms with E-state index in [4.69, 9.17) is 9.47 Å². The fourth-order valence-corrected chi connectivity index (χ4v) is 2.24. The quantitative estimate of drug-likeness (QED) is 0.358. The van der Waals surface area contributed by atoms with E-state index < -0.39 is 54.1 Å². The zero-order valence-electron chi connectivity index (χ0n) is 16.4. The van der Waals surface area contributed by atoms with Crippen LogP contribution < -0.4 is 15.4 Å². The molecule has 0 aliphatic rings. The van der Waals surface area contributed by atoms with Gasteiger partial charge in [-0.15, -0.1) is 0 Å². The van der Waals surface area contributed by atoms with Gasteiger partial charge < -0.3 is 20.1 Å². The van der Waals surface area contributed by atoms with Crippen molar-refractivity contribution in [3.05, 3.63) is 65.5 Å². The third kappa shape index (κ3) is 7.50. The summed E-state index contributed by atoms with van der Waals surface area (Å²) in [4.78, 5) is 35.0. The number of ether oxygens (including phenoxy) is 2. The fourth-order valence-electron chi connectivity index (χ4n) is 2.24. The van der Waals surface area contributed by atoms with Gasteiger partial charge in [-0.25, -0.2) is 18.0 Å². The van der Waals surface area contributed by atoms with Crippen molar-refractivity contribution in [3.63, 3.8) is 0 Å². The standard InChI is InChI=1S/C21H19F3N2O5/c1-2-30-14-6-3-13(4-7-14)5-10-19(29)31-12-18(28)25-11-17(27)26-16-9-8-15(22)20(23)21(16)24/h3-10H,2,11-12H2,1H3,(H,25,28)(H,26,27)/b10-5+. The van der Waals surface area contributed by atoms with Crippen LogP contribution in [0.15, 0.2) is 42.5 Å². The molecule has 0 aromatic heterocycles. The molecule has 2 rings (SSSR count). The highest BCUT2D eigenvalue weighted by Crippen LogP contribution is 2.19. The molecule has 0 saturated heterocycles. The topological polar surface area (TPSA) is 93.7 Å². The zero-order chi connectivity index (χ0) is 22.8. The van der Waals surface area contributed by atoms with Crippen LogP contribution >= 0.6 is 0 Å². The maximum atomic E-state index is 13.5. The molecular weight excluding hydrogens is 417 g/mol. The molecule has 0 atom stereocenters. The molecule has 0 aliphatic carbocycles. The third-order valence-electron chi connectivity index (χ3n) is 3.70. The minimum Gasteiger partial charge on any atom is -0.494 e. The summed E-state index contributed by atoms with van der Waals surface area (Å²) in [6.45, 7) is 1.14. The van der Waals surface area contributed by atoms with Gasteiger partial charge in [-0.2, -0.15) is 0 Å². The molecule has 2 N–H and O–H groups in total. The van der Waals surface area contributed by atoms with Crippen LogP contribution in [-0.4, -0.2) is 37.5 Å². The number of halogens is 3. The second kappa shape index (κ2) is 11.4. The van der Waals surface area contributed by atoms with Crippen molar-refractivity contribution in [1.29, 1.82) is 0 Å². The molecule has 0 bridgehead atoms. The summed E-state index contributed by atoms with van der Waals surface area (Å²) >= 11 is 0. The Balaban J connectivity index is 1.73. The van der Waals surface area contributed by atoms with Gasteiger partial charge in [0.25, 0.3) is 5.91 Å². The fraction of sp³-hybridized carbons (Fsp3) is 0.190. The van der Waals surface area contributed by atoms with Crippen molar-refractivity contribution in [2.24, 2.45) is 0 Å². The summed E-state index contributed by atoms with van der Waals surface area (Å²) in [5.74, 6) is -6.46. The van der Waals surface area contributed by atoms with E-state index in [0.717, 1.165) is 12.1 Å². The minimum absolute atomic E-state index is 0.535. The van der Waals surface area contributed by atoms with Crippen LogP contribution in [-0.2, 0) is 19.1 Å². The monoisotopic (exact) mass is 436 g/mol. The number of anilines is 1. The maximum Gasteiger partial charge on any atom is 0.331 e. The number of hydrogen-bond donors (Lipinski definition) is 2. The first-order valence-corrected chi connectivity index (χ1v) is 9.08. The van der Waals surface area contributed by atoms with Gasteiger partial charge in [0.1, 0.15) is 5.75 Å². The Morgan fingerprint density at radius 2 is 1.68 bits per heavy atom. The Labute approximate surface area is 175 Å². The van der Waals surface area contributed by atoms with E-state index >= 15 is 0 Å². The van der Waals surface area contributed by atoms with E-state index in [2.05, 4.69) is 5.32 Å². The summed E-state index contributed by atoms with van der Waals surface area (Å²) in [5, 5.41) is 4.12. The lowest BCUT2D eigenvalue weighted by Crippen LogP contribution is -2.35. The average Bonchev–Trinajstić information content (AvgIpc) is 2.76. The Bertz CT molecular complexity index is 978. The first-order chi connectivity index (χ1) is 14.8. The zero-order valence-corrected chi connectivity index (χ0v) is 16.4. The van der Waals surface area contributed by atoms with Crippen molar-refractivity contribution in [3.8, 4) is 5.75 Å². The highest BCUT2D eigenvalue weighted by atomic mass is 19.2. The highest BCUT2D eigenvalue weighted by molar-refractivity contribution is 5.95. The van der Waals surface area contributed by atoms with Gasteiger partial charge in [0.15, 0.2) is 24.1 Å². The highest BCUT2D eigenvalue weighted by Gasteiger charge is 2.15. The lowest BCUT2D eigenvalue weighted by molar-refractivity contribution is -0.143. The van der Waals surface area contributed by atoms with Crippen LogP contribution in [0.25, 0.3) is 6.08 Å². The average molecular weight is 436 g/mol. The van der Waals surface area contributed by atoms with Gasteiger partial charge in [0.05, 0.1) is 18.8 Å². The van der Waals surface area contributed by atoms with E-state index in [-0.39, 0.29) is 0 Å². The minimum atomic E-state index is -1.73. The maximum absolute atomic E-state index is 13.5. The Morgan fingerprint density at radius 3 is 2.35 bits per heavy atom. The number of amides is 2. The van der Waals surface area contributed by atoms with Crippen LogP contribution in [0.2, 0.25) is 0 Å². The molecule has 0 saturated carbocycles. The van der Waals surface area contributed by atoms with E-state index in [1.807, 2.05) is 12.2 Å². The molecule has 0 spiro atoms. The molecular formula is C21H19F3N2O5. The number of hydrogen-bond acceptors (Lipinski definition) is 5. The van der Waals surface area contributed by atoms with Crippen molar-refractivity contribution in [2.75, 3.05) is 25.1 Å². The smallest absolute Gasteiger partial charge is 0.331 e. The van der Waals surface area contributed by atoms with E-state index in [1.165, 1.54) is 6.08 Å². The number of carbonyl (C=O) groups is 3. The predicted molar refractivity (Wildman–Crippen MR) is 106 cm³/mol. The Hall–Kier alpha value is -3.82. The number of carbonyl (C=O) groups excluding carboxylic acids is 3. The number of benzene rings is 2. The van der Waals surface area contributed by atoms with Crippen LogP contribution in [0.1, 0.15) is 12.5 Å². The van der Waals surface area contributed by atoms with Gasteiger partial charge >= 0.3 is 5.97 Å². The van der Waals surface area contributed by atoms with Gasteiger partial charge in [-0.05, 0) is 42.8 Å². The largest absolute Gasteiger partial charge is 0.494 e. The SMILES string of the molecule is CCOc1ccc(/C=C/C(=O)OCC(=O)NCC(=O)Nc2ccc(F)c(F)c2F)cc1. The number of esters is 1. The molecule has 2 aromatic carbocycles. The van der Waals surface area contributed by atoms with E-state index in [9.17, 15) is 27.6 Å². The summed E-state index contributed by atoms with van der Waals surface area (Å²) in [5.41, 5.74) is 0.134. The Kier molecular flexibility index (Phi) is 8.62. The van der Waals surface area contributed by atoms with E-state index in [1.54, 1.807) is 24.3 Å². The second-order valence-corrected chi connectivity index (χ2v) is 5.99. The van der Waals surface area contributed by atoms with Crippen molar-refractivity contribution in [2.45, 2.75) is 6.92 Å². The summed E-state index contributed by atoms with van der Waals surface area (Å²) in [6.07, 6.45) is 2.61. The van der Waals surface area contributed by atoms with Crippen molar-refractivity contribution < 1.29 is 37.0 Å². The van der Waals surface area contributed by atoms with Crippen LogP contribution in [0.5, 0.6) is 5.75 Å². The molecule has 10 heteroatoms. The molecule has 0 aliphatic heterocycles. The molecule has 7 nitrogen and oxygen atoms in total. The molecule has 0 radical (unpaired) electrons. The molecule has 164 valence electrons. The van der Waals surface area contributed by atoms with Crippen molar-refractivity contribution in [1.82, 2.24) is 5.32 Å². The van der Waals surface area contributed by atoms with Gasteiger partial charge in [0.2, 0.25) is 5.91 Å². The summed E-state index contributed by atoms with van der Waals surface area (Å²) < 4.78 is 49.5. The molecule has 0 unspecified atom stereocenters. The summed E-state index contributed by atoms with van der Waals surface area (Å²) in [7, 11) is 0. The predicted octanol–water partition coefficient (Wildman–Crippen LogP) is 2.81. The van der Waals surface area contributed by atoms with Gasteiger partial charge in [-0.1, -0.05) is 12.1 Å². The molecule has 31 heavy (non-hydrogen) atoms. The van der Waals surface area contributed by atoms with Gasteiger partial charge in [0, 0.05) is 6.08 Å². The normalized spacial score (nSPS) is 10.6. The lowest BCUT2D eigenvalue weighted by atomic mass is 10.2.